The van der Waals surface area contributed by atoms with Crippen molar-refractivity contribution in [2.75, 3.05) is 7.11 Å². The Morgan fingerprint density at radius 3 is 2.67 bits per heavy atom. The van der Waals surface area contributed by atoms with Crippen LogP contribution in [0.5, 0.6) is 5.75 Å². The maximum Gasteiger partial charge on any atom is 0.136 e. The fourth-order valence-electron chi connectivity index (χ4n) is 3.08. The molecule has 18 heavy (non-hydrogen) atoms. The summed E-state index contributed by atoms with van der Waals surface area (Å²) in [6.45, 7) is 0. The minimum atomic E-state index is -0.135. The molecule has 1 fully saturated rings. The molecular weight excluding hydrogens is 242 g/mol. The molecule has 3 rings (SSSR count). The van der Waals surface area contributed by atoms with Crippen molar-refractivity contribution in [1.82, 2.24) is 0 Å². The molecule has 1 saturated carbocycles. The highest BCUT2D eigenvalue weighted by atomic mass is 32.1. The lowest BCUT2D eigenvalue weighted by Crippen LogP contribution is -2.38. The molecule has 1 aliphatic rings. The molecule has 96 valence electrons. The first-order valence-electron chi connectivity index (χ1n) is 6.58. The lowest BCUT2D eigenvalue weighted by atomic mass is 9.76. The number of methoxy groups -OCH3 is 1. The van der Waals surface area contributed by atoms with E-state index in [9.17, 15) is 0 Å². The molecule has 1 aromatic heterocycles. The van der Waals surface area contributed by atoms with Crippen molar-refractivity contribution in [3.63, 3.8) is 0 Å². The molecule has 2 aromatic rings. The van der Waals surface area contributed by atoms with Gasteiger partial charge in [0.2, 0.25) is 0 Å². The molecule has 2 N–H and O–H groups in total. The second-order valence-electron chi connectivity index (χ2n) is 5.20. The molecule has 0 saturated heterocycles. The van der Waals surface area contributed by atoms with Crippen molar-refractivity contribution in [3.05, 3.63) is 29.1 Å². The number of fused-ring (bicyclic) bond motifs is 1. The smallest absolute Gasteiger partial charge is 0.136 e. The van der Waals surface area contributed by atoms with Crippen LogP contribution < -0.4 is 10.5 Å². The van der Waals surface area contributed by atoms with E-state index >= 15 is 0 Å². The van der Waals surface area contributed by atoms with Crippen LogP contribution in [0, 0.1) is 0 Å². The second kappa shape index (κ2) is 4.56. The molecule has 0 spiro atoms. The van der Waals surface area contributed by atoms with Crippen LogP contribution in [0.25, 0.3) is 10.1 Å². The molecule has 1 heterocycles. The molecular formula is C15H19NOS. The standard InChI is InChI=1S/C15H19NOS/c1-17-13-6-5-12(11-7-10-18-14(11)13)15(16)8-3-2-4-9-15/h5-7,10H,2-4,8-9,16H2,1H3. The zero-order valence-corrected chi connectivity index (χ0v) is 11.6. The van der Waals surface area contributed by atoms with Crippen molar-refractivity contribution >= 4 is 21.4 Å². The average molecular weight is 261 g/mol. The summed E-state index contributed by atoms with van der Waals surface area (Å²) in [5, 5.41) is 3.41. The van der Waals surface area contributed by atoms with Gasteiger partial charge in [0.1, 0.15) is 5.75 Å². The number of hydrogen-bond acceptors (Lipinski definition) is 3. The Labute approximate surface area is 112 Å². The number of nitrogens with two attached hydrogens (primary N) is 1. The predicted octanol–water partition coefficient (Wildman–Crippen LogP) is 4.03. The van der Waals surface area contributed by atoms with Crippen LogP contribution in [-0.4, -0.2) is 7.11 Å². The van der Waals surface area contributed by atoms with E-state index in [0.717, 1.165) is 18.6 Å². The van der Waals surface area contributed by atoms with E-state index < -0.39 is 0 Å². The maximum absolute atomic E-state index is 6.66. The number of ether oxygens (including phenoxy) is 1. The summed E-state index contributed by atoms with van der Waals surface area (Å²) in [4.78, 5) is 0. The van der Waals surface area contributed by atoms with E-state index in [1.54, 1.807) is 18.4 Å². The maximum atomic E-state index is 6.66. The molecule has 0 amide bonds. The Hall–Kier alpha value is -1.06. The summed E-state index contributed by atoms with van der Waals surface area (Å²) in [6, 6.07) is 6.41. The monoisotopic (exact) mass is 261 g/mol. The van der Waals surface area contributed by atoms with Gasteiger partial charge in [-0.1, -0.05) is 25.3 Å². The minimum absolute atomic E-state index is 0.135. The third-order valence-corrected chi connectivity index (χ3v) is 5.01. The summed E-state index contributed by atoms with van der Waals surface area (Å²) in [5.74, 6) is 0.961. The molecule has 1 aliphatic carbocycles. The van der Waals surface area contributed by atoms with Crippen LogP contribution in [0.15, 0.2) is 23.6 Å². The summed E-state index contributed by atoms with van der Waals surface area (Å²) in [5.41, 5.74) is 7.83. The van der Waals surface area contributed by atoms with Crippen molar-refractivity contribution in [3.8, 4) is 5.75 Å². The van der Waals surface area contributed by atoms with Gasteiger partial charge in [-0.05, 0) is 35.9 Å². The van der Waals surface area contributed by atoms with Crippen LogP contribution in [-0.2, 0) is 5.54 Å². The molecule has 2 nitrogen and oxygen atoms in total. The predicted molar refractivity (Wildman–Crippen MR) is 77.3 cm³/mol. The summed E-state index contributed by atoms with van der Waals surface area (Å²) in [6.07, 6.45) is 6.01. The quantitative estimate of drug-likeness (QED) is 0.886. The lowest BCUT2D eigenvalue weighted by Gasteiger charge is -2.34. The topological polar surface area (TPSA) is 35.2 Å². The van der Waals surface area contributed by atoms with E-state index in [1.165, 1.54) is 34.9 Å². The SMILES string of the molecule is COc1ccc(C2(N)CCCCC2)c2ccsc12. The summed E-state index contributed by atoms with van der Waals surface area (Å²) in [7, 11) is 1.73. The van der Waals surface area contributed by atoms with E-state index in [1.807, 2.05) is 0 Å². The zero-order valence-electron chi connectivity index (χ0n) is 10.7. The Morgan fingerprint density at radius 2 is 1.94 bits per heavy atom. The molecule has 1 aromatic carbocycles. The normalized spacial score (nSPS) is 19.0. The molecule has 0 bridgehead atoms. The van der Waals surface area contributed by atoms with Crippen LogP contribution >= 0.6 is 11.3 Å². The number of benzene rings is 1. The van der Waals surface area contributed by atoms with Gasteiger partial charge in [-0.3, -0.25) is 0 Å². The van der Waals surface area contributed by atoms with Crippen molar-refractivity contribution in [2.45, 2.75) is 37.6 Å². The van der Waals surface area contributed by atoms with Crippen LogP contribution in [0.2, 0.25) is 0 Å². The third kappa shape index (κ3) is 1.82. The van der Waals surface area contributed by atoms with Crippen LogP contribution in [0.4, 0.5) is 0 Å². The first-order chi connectivity index (χ1) is 8.74. The van der Waals surface area contributed by atoms with Gasteiger partial charge in [0.05, 0.1) is 11.8 Å². The fourth-order valence-corrected chi connectivity index (χ4v) is 4.00. The highest BCUT2D eigenvalue weighted by Crippen LogP contribution is 2.42. The van der Waals surface area contributed by atoms with Gasteiger partial charge in [-0.15, -0.1) is 11.3 Å². The molecule has 0 atom stereocenters. The summed E-state index contributed by atoms with van der Waals surface area (Å²) < 4.78 is 6.66. The minimum Gasteiger partial charge on any atom is -0.495 e. The average Bonchev–Trinajstić information content (AvgIpc) is 2.87. The second-order valence-corrected chi connectivity index (χ2v) is 6.11. The first-order valence-corrected chi connectivity index (χ1v) is 7.46. The summed E-state index contributed by atoms with van der Waals surface area (Å²) >= 11 is 1.73. The largest absolute Gasteiger partial charge is 0.495 e. The Balaban J connectivity index is 2.14. The van der Waals surface area contributed by atoms with E-state index in [0.29, 0.717) is 0 Å². The van der Waals surface area contributed by atoms with E-state index in [2.05, 4.69) is 23.6 Å². The number of hydrogen-bond donors (Lipinski definition) is 1. The first kappa shape index (κ1) is 12.0. The van der Waals surface area contributed by atoms with Crippen LogP contribution in [0.1, 0.15) is 37.7 Å². The van der Waals surface area contributed by atoms with Crippen molar-refractivity contribution < 1.29 is 4.74 Å². The van der Waals surface area contributed by atoms with Gasteiger partial charge >= 0.3 is 0 Å². The number of rotatable bonds is 2. The van der Waals surface area contributed by atoms with Crippen molar-refractivity contribution in [1.29, 1.82) is 0 Å². The van der Waals surface area contributed by atoms with Crippen molar-refractivity contribution in [2.24, 2.45) is 5.73 Å². The Bertz CT molecular complexity index is 555. The lowest BCUT2D eigenvalue weighted by molar-refractivity contribution is 0.304. The molecule has 0 unspecified atom stereocenters. The van der Waals surface area contributed by atoms with Gasteiger partial charge in [-0.2, -0.15) is 0 Å². The third-order valence-electron chi connectivity index (χ3n) is 4.08. The van der Waals surface area contributed by atoms with Gasteiger partial charge in [-0.25, -0.2) is 0 Å². The van der Waals surface area contributed by atoms with Gasteiger partial charge < -0.3 is 10.5 Å². The van der Waals surface area contributed by atoms with Crippen LogP contribution in [0.3, 0.4) is 0 Å². The van der Waals surface area contributed by atoms with E-state index in [4.69, 9.17) is 10.5 Å². The van der Waals surface area contributed by atoms with Gasteiger partial charge in [0, 0.05) is 10.9 Å². The highest BCUT2D eigenvalue weighted by molar-refractivity contribution is 7.17. The molecule has 3 heteroatoms. The Morgan fingerprint density at radius 1 is 1.17 bits per heavy atom. The zero-order chi connectivity index (χ0) is 12.6. The number of thiophene rings is 1. The van der Waals surface area contributed by atoms with Gasteiger partial charge in [0.25, 0.3) is 0 Å². The molecule has 0 aliphatic heterocycles. The van der Waals surface area contributed by atoms with Gasteiger partial charge in [0.15, 0.2) is 0 Å². The highest BCUT2D eigenvalue weighted by Gasteiger charge is 2.31. The van der Waals surface area contributed by atoms with E-state index in [-0.39, 0.29) is 5.54 Å². The fraction of sp³-hybridized carbons (Fsp3) is 0.467. The Kier molecular flexibility index (Phi) is 3.04. The molecule has 0 radical (unpaired) electrons.